The highest BCUT2D eigenvalue weighted by Gasteiger charge is 2.10. The summed E-state index contributed by atoms with van der Waals surface area (Å²) in [6.07, 6.45) is 0.646. The second-order valence-electron chi connectivity index (χ2n) is 3.60. The van der Waals surface area contributed by atoms with Crippen LogP contribution in [0.15, 0.2) is 12.1 Å². The van der Waals surface area contributed by atoms with Gasteiger partial charge in [0.1, 0.15) is 5.82 Å². The Morgan fingerprint density at radius 1 is 1.44 bits per heavy atom. The van der Waals surface area contributed by atoms with E-state index in [1.165, 1.54) is 13.2 Å². The quantitative estimate of drug-likeness (QED) is 0.666. The number of aliphatic hydroxyl groups is 1. The summed E-state index contributed by atoms with van der Waals surface area (Å²) < 4.78 is 9.44. The maximum absolute atomic E-state index is 11.1. The van der Waals surface area contributed by atoms with Gasteiger partial charge in [0.25, 0.3) is 0 Å². The number of anilines is 1. The minimum Gasteiger partial charge on any atom is -0.464 e. The molecule has 0 amide bonds. The lowest BCUT2D eigenvalue weighted by Crippen LogP contribution is -2.26. The lowest BCUT2D eigenvalue weighted by Gasteiger charge is -2.15. The van der Waals surface area contributed by atoms with Gasteiger partial charge in [-0.3, -0.25) is 0 Å². The fourth-order valence-corrected chi connectivity index (χ4v) is 1.30. The van der Waals surface area contributed by atoms with Gasteiger partial charge in [0.15, 0.2) is 5.69 Å². The maximum Gasteiger partial charge on any atom is 0.358 e. The van der Waals surface area contributed by atoms with Gasteiger partial charge in [-0.25, -0.2) is 4.79 Å². The van der Waals surface area contributed by atoms with Crippen LogP contribution in [-0.4, -0.2) is 54.7 Å². The third-order valence-corrected chi connectivity index (χ3v) is 2.30. The van der Waals surface area contributed by atoms with E-state index in [-0.39, 0.29) is 18.3 Å². The molecule has 0 aliphatic heterocycles. The van der Waals surface area contributed by atoms with Crippen molar-refractivity contribution in [2.24, 2.45) is 0 Å². The van der Waals surface area contributed by atoms with Crippen LogP contribution in [0.3, 0.4) is 0 Å². The number of hydrogen-bond donors (Lipinski definition) is 2. The molecule has 1 atom stereocenters. The van der Waals surface area contributed by atoms with Gasteiger partial charge < -0.3 is 19.9 Å². The molecule has 2 N–H and O–H groups in total. The molecule has 1 unspecified atom stereocenters. The van der Waals surface area contributed by atoms with Crippen molar-refractivity contribution in [3.63, 3.8) is 0 Å². The van der Waals surface area contributed by atoms with E-state index >= 15 is 0 Å². The molecule has 1 aromatic heterocycles. The first-order chi connectivity index (χ1) is 8.71. The Balaban J connectivity index is 2.59. The number of ether oxygens (including phenoxy) is 2. The minimum atomic E-state index is -0.535. The lowest BCUT2D eigenvalue weighted by atomic mass is 10.2. The SMILES string of the molecule is COCCC(CO)Nc1ccc(C(=O)OC)nn1. The smallest absolute Gasteiger partial charge is 0.358 e. The van der Waals surface area contributed by atoms with Crippen molar-refractivity contribution in [2.75, 3.05) is 32.8 Å². The predicted molar refractivity (Wildman–Crippen MR) is 64.4 cm³/mol. The fraction of sp³-hybridized carbons (Fsp3) is 0.545. The van der Waals surface area contributed by atoms with Crippen molar-refractivity contribution in [1.82, 2.24) is 10.2 Å². The molecular formula is C11H17N3O4. The van der Waals surface area contributed by atoms with Crippen molar-refractivity contribution < 1.29 is 19.4 Å². The number of methoxy groups -OCH3 is 2. The largest absolute Gasteiger partial charge is 0.464 e. The van der Waals surface area contributed by atoms with E-state index in [0.717, 1.165) is 0 Å². The molecule has 0 radical (unpaired) electrons. The van der Waals surface area contributed by atoms with Crippen LogP contribution in [0, 0.1) is 0 Å². The van der Waals surface area contributed by atoms with E-state index in [1.54, 1.807) is 13.2 Å². The highest BCUT2D eigenvalue weighted by Crippen LogP contribution is 2.06. The Hall–Kier alpha value is -1.73. The second kappa shape index (κ2) is 7.57. The first-order valence-electron chi connectivity index (χ1n) is 5.49. The number of rotatable bonds is 7. The molecule has 0 aromatic carbocycles. The van der Waals surface area contributed by atoms with Crippen LogP contribution in [0.1, 0.15) is 16.9 Å². The number of carbonyl (C=O) groups excluding carboxylic acids is 1. The molecular weight excluding hydrogens is 238 g/mol. The number of nitrogens with zero attached hydrogens (tertiary/aromatic N) is 2. The van der Waals surface area contributed by atoms with E-state index in [2.05, 4.69) is 20.3 Å². The van der Waals surface area contributed by atoms with E-state index in [4.69, 9.17) is 9.84 Å². The summed E-state index contributed by atoms with van der Waals surface area (Å²) in [4.78, 5) is 11.1. The lowest BCUT2D eigenvalue weighted by molar-refractivity contribution is 0.0592. The highest BCUT2D eigenvalue weighted by molar-refractivity contribution is 5.86. The number of carbonyl (C=O) groups is 1. The number of nitrogens with one attached hydrogen (secondary N) is 1. The molecule has 0 aliphatic rings. The molecule has 1 rings (SSSR count). The summed E-state index contributed by atoms with van der Waals surface area (Å²) in [5.74, 6) is -0.0510. The van der Waals surface area contributed by atoms with Crippen LogP contribution in [-0.2, 0) is 9.47 Å². The molecule has 7 nitrogen and oxygen atoms in total. The van der Waals surface area contributed by atoms with Gasteiger partial charge in [-0.15, -0.1) is 10.2 Å². The first-order valence-corrected chi connectivity index (χ1v) is 5.49. The van der Waals surface area contributed by atoms with Crippen LogP contribution < -0.4 is 5.32 Å². The minimum absolute atomic E-state index is 0.0379. The third kappa shape index (κ3) is 4.27. The molecule has 100 valence electrons. The Morgan fingerprint density at radius 2 is 2.22 bits per heavy atom. The summed E-state index contributed by atoms with van der Waals surface area (Å²) in [5.41, 5.74) is 0.139. The molecule has 18 heavy (non-hydrogen) atoms. The van der Waals surface area contributed by atoms with Crippen LogP contribution in [0.5, 0.6) is 0 Å². The Morgan fingerprint density at radius 3 is 2.72 bits per heavy atom. The van der Waals surface area contributed by atoms with Crippen molar-refractivity contribution in [3.8, 4) is 0 Å². The van der Waals surface area contributed by atoms with E-state index < -0.39 is 5.97 Å². The molecule has 7 heteroatoms. The maximum atomic E-state index is 11.1. The molecule has 0 fully saturated rings. The predicted octanol–water partition coefficient (Wildman–Crippen LogP) is 0.0725. The van der Waals surface area contributed by atoms with Crippen LogP contribution >= 0.6 is 0 Å². The van der Waals surface area contributed by atoms with Gasteiger partial charge in [-0.2, -0.15) is 0 Å². The number of aromatic nitrogens is 2. The van der Waals surface area contributed by atoms with Crippen LogP contribution in [0.25, 0.3) is 0 Å². The van der Waals surface area contributed by atoms with Gasteiger partial charge in [0.2, 0.25) is 0 Å². The summed E-state index contributed by atoms with van der Waals surface area (Å²) in [5, 5.41) is 19.7. The van der Waals surface area contributed by atoms with Crippen molar-refractivity contribution in [2.45, 2.75) is 12.5 Å². The summed E-state index contributed by atoms with van der Waals surface area (Å²) in [7, 11) is 2.88. The fourth-order valence-electron chi connectivity index (χ4n) is 1.30. The zero-order valence-electron chi connectivity index (χ0n) is 10.4. The average Bonchev–Trinajstić information content (AvgIpc) is 2.43. The summed E-state index contributed by atoms with van der Waals surface area (Å²) in [6.45, 7) is 0.496. The Labute approximate surface area is 105 Å². The zero-order chi connectivity index (χ0) is 13.4. The normalized spacial score (nSPS) is 11.9. The Kier molecular flexibility index (Phi) is 6.03. The zero-order valence-corrected chi connectivity index (χ0v) is 10.4. The number of hydrogen-bond acceptors (Lipinski definition) is 7. The van der Waals surface area contributed by atoms with Gasteiger partial charge in [-0.05, 0) is 18.6 Å². The van der Waals surface area contributed by atoms with Gasteiger partial charge in [-0.1, -0.05) is 0 Å². The molecule has 0 bridgehead atoms. The van der Waals surface area contributed by atoms with E-state index in [1.807, 2.05) is 0 Å². The second-order valence-corrected chi connectivity index (χ2v) is 3.60. The summed E-state index contributed by atoms with van der Waals surface area (Å²) >= 11 is 0. The molecule has 0 spiro atoms. The topological polar surface area (TPSA) is 93.6 Å². The van der Waals surface area contributed by atoms with Crippen LogP contribution in [0.4, 0.5) is 5.82 Å². The average molecular weight is 255 g/mol. The molecule has 0 saturated carbocycles. The third-order valence-electron chi connectivity index (χ3n) is 2.30. The monoisotopic (exact) mass is 255 g/mol. The van der Waals surface area contributed by atoms with Crippen LogP contribution in [0.2, 0.25) is 0 Å². The van der Waals surface area contributed by atoms with Gasteiger partial charge >= 0.3 is 5.97 Å². The Bertz CT molecular complexity index is 369. The standard InChI is InChI=1S/C11H17N3O4/c1-17-6-5-8(7-15)12-10-4-3-9(13-14-10)11(16)18-2/h3-4,8,15H,5-7H2,1-2H3,(H,12,14). The number of aliphatic hydroxyl groups excluding tert-OH is 1. The van der Waals surface area contributed by atoms with E-state index in [9.17, 15) is 4.79 Å². The first kappa shape index (κ1) is 14.3. The van der Waals surface area contributed by atoms with Crippen molar-refractivity contribution in [3.05, 3.63) is 17.8 Å². The highest BCUT2D eigenvalue weighted by atomic mass is 16.5. The van der Waals surface area contributed by atoms with Gasteiger partial charge in [0, 0.05) is 13.7 Å². The molecule has 0 aliphatic carbocycles. The molecule has 0 saturated heterocycles. The van der Waals surface area contributed by atoms with E-state index in [0.29, 0.717) is 18.8 Å². The summed E-state index contributed by atoms with van der Waals surface area (Å²) in [6, 6.07) is 2.95. The van der Waals surface area contributed by atoms with Gasteiger partial charge in [0.05, 0.1) is 19.8 Å². The van der Waals surface area contributed by atoms with Crippen molar-refractivity contribution in [1.29, 1.82) is 0 Å². The van der Waals surface area contributed by atoms with Crippen molar-refractivity contribution >= 4 is 11.8 Å². The molecule has 1 aromatic rings. The molecule has 1 heterocycles. The number of esters is 1.